The second kappa shape index (κ2) is 4.80. The molecule has 82 valence electrons. The van der Waals surface area contributed by atoms with E-state index >= 15 is 0 Å². The molecule has 1 aliphatic rings. The summed E-state index contributed by atoms with van der Waals surface area (Å²) in [6, 6.07) is 8.97. The van der Waals surface area contributed by atoms with E-state index in [1.807, 2.05) is 0 Å². The highest BCUT2D eigenvalue weighted by atomic mass is 14.5. The molecule has 0 aromatic heterocycles. The molecule has 1 nitrogen and oxygen atoms in total. The molecule has 1 heteroatoms. The van der Waals surface area contributed by atoms with Crippen LogP contribution in [0.15, 0.2) is 24.3 Å². The van der Waals surface area contributed by atoms with Gasteiger partial charge >= 0.3 is 0 Å². The standard InChI is InChI=1S/C14H21N/c1-11-3-2-4-14(9-11)13-7-5-12(10-15)6-8-13/h2-4,9,12-13H,5-8,10,15H2,1H3. The third-order valence-electron chi connectivity index (χ3n) is 3.69. The molecule has 0 atom stereocenters. The minimum Gasteiger partial charge on any atom is -0.330 e. The maximum Gasteiger partial charge on any atom is -0.00489 e. The SMILES string of the molecule is Cc1cccc(C2CCC(CN)CC2)c1. The van der Waals surface area contributed by atoms with Gasteiger partial charge in [0.25, 0.3) is 0 Å². The first kappa shape index (κ1) is 10.7. The summed E-state index contributed by atoms with van der Waals surface area (Å²) in [6.07, 6.45) is 5.28. The molecule has 0 amide bonds. The summed E-state index contributed by atoms with van der Waals surface area (Å²) in [5.74, 6) is 1.57. The quantitative estimate of drug-likeness (QED) is 0.784. The van der Waals surface area contributed by atoms with Gasteiger partial charge in [-0.25, -0.2) is 0 Å². The molecule has 1 saturated carbocycles. The van der Waals surface area contributed by atoms with Crippen LogP contribution in [0, 0.1) is 12.8 Å². The summed E-state index contributed by atoms with van der Waals surface area (Å²) in [6.45, 7) is 3.05. The van der Waals surface area contributed by atoms with E-state index in [0.29, 0.717) is 0 Å². The molecule has 0 heterocycles. The molecule has 15 heavy (non-hydrogen) atoms. The van der Waals surface area contributed by atoms with Gasteiger partial charge in [0.05, 0.1) is 0 Å². The Morgan fingerprint density at radius 1 is 1.20 bits per heavy atom. The molecule has 2 rings (SSSR count). The molecule has 0 unspecified atom stereocenters. The average molecular weight is 203 g/mol. The second-order valence-corrected chi connectivity index (χ2v) is 4.87. The first-order valence-electron chi connectivity index (χ1n) is 6.06. The highest BCUT2D eigenvalue weighted by molar-refractivity contribution is 5.25. The van der Waals surface area contributed by atoms with E-state index in [1.165, 1.54) is 36.8 Å². The lowest BCUT2D eigenvalue weighted by molar-refractivity contribution is 0.332. The first-order chi connectivity index (χ1) is 7.29. The van der Waals surface area contributed by atoms with Crippen LogP contribution in [0.25, 0.3) is 0 Å². The van der Waals surface area contributed by atoms with Gasteiger partial charge in [-0.3, -0.25) is 0 Å². The van der Waals surface area contributed by atoms with Gasteiger partial charge in [-0.05, 0) is 56.6 Å². The van der Waals surface area contributed by atoms with Crippen molar-refractivity contribution in [3.8, 4) is 0 Å². The van der Waals surface area contributed by atoms with Crippen molar-refractivity contribution in [2.45, 2.75) is 38.5 Å². The predicted molar refractivity (Wildman–Crippen MR) is 64.9 cm³/mol. The minimum atomic E-state index is 0.783. The van der Waals surface area contributed by atoms with Crippen LogP contribution in [0.2, 0.25) is 0 Å². The summed E-state index contributed by atoms with van der Waals surface area (Å²) in [4.78, 5) is 0. The molecule has 0 spiro atoms. The van der Waals surface area contributed by atoms with Crippen molar-refractivity contribution in [2.24, 2.45) is 11.7 Å². The molecule has 0 saturated heterocycles. The lowest BCUT2D eigenvalue weighted by Crippen LogP contribution is -2.20. The van der Waals surface area contributed by atoms with E-state index in [1.54, 1.807) is 0 Å². The highest BCUT2D eigenvalue weighted by Gasteiger charge is 2.21. The Kier molecular flexibility index (Phi) is 3.42. The molecule has 1 fully saturated rings. The molecule has 0 bridgehead atoms. The van der Waals surface area contributed by atoms with Gasteiger partial charge in [0.2, 0.25) is 0 Å². The number of benzene rings is 1. The number of rotatable bonds is 2. The molecule has 0 aliphatic heterocycles. The van der Waals surface area contributed by atoms with E-state index < -0.39 is 0 Å². The Labute approximate surface area is 92.7 Å². The van der Waals surface area contributed by atoms with E-state index in [4.69, 9.17) is 5.73 Å². The maximum atomic E-state index is 5.71. The van der Waals surface area contributed by atoms with Crippen molar-refractivity contribution in [3.05, 3.63) is 35.4 Å². The smallest absolute Gasteiger partial charge is 0.00489 e. The van der Waals surface area contributed by atoms with E-state index in [2.05, 4.69) is 31.2 Å². The Morgan fingerprint density at radius 2 is 1.93 bits per heavy atom. The van der Waals surface area contributed by atoms with E-state index in [9.17, 15) is 0 Å². The summed E-state index contributed by atoms with van der Waals surface area (Å²) in [5.41, 5.74) is 8.63. The zero-order chi connectivity index (χ0) is 10.7. The molecule has 1 aromatic carbocycles. The Bertz CT molecular complexity index is 311. The summed E-state index contributed by atoms with van der Waals surface area (Å²) in [5, 5.41) is 0. The fourth-order valence-corrected chi connectivity index (χ4v) is 2.66. The van der Waals surface area contributed by atoms with Gasteiger partial charge in [-0.1, -0.05) is 29.8 Å². The van der Waals surface area contributed by atoms with Crippen molar-refractivity contribution in [1.29, 1.82) is 0 Å². The second-order valence-electron chi connectivity index (χ2n) is 4.87. The Balaban J connectivity index is 2.01. The topological polar surface area (TPSA) is 26.0 Å². The number of nitrogens with two attached hydrogens (primary N) is 1. The van der Waals surface area contributed by atoms with Gasteiger partial charge in [0.1, 0.15) is 0 Å². The highest BCUT2D eigenvalue weighted by Crippen LogP contribution is 2.35. The summed E-state index contributed by atoms with van der Waals surface area (Å²) >= 11 is 0. The van der Waals surface area contributed by atoms with Crippen LogP contribution in [0.1, 0.15) is 42.7 Å². The van der Waals surface area contributed by atoms with Gasteiger partial charge in [-0.15, -0.1) is 0 Å². The lowest BCUT2D eigenvalue weighted by atomic mass is 9.78. The third-order valence-corrected chi connectivity index (χ3v) is 3.69. The summed E-state index contributed by atoms with van der Waals surface area (Å²) in [7, 11) is 0. The molecular weight excluding hydrogens is 182 g/mol. The lowest BCUT2D eigenvalue weighted by Gasteiger charge is -2.28. The van der Waals surface area contributed by atoms with Crippen molar-refractivity contribution >= 4 is 0 Å². The molecular formula is C14H21N. The van der Waals surface area contributed by atoms with Gasteiger partial charge in [0, 0.05) is 0 Å². The number of hydrogen-bond acceptors (Lipinski definition) is 1. The average Bonchev–Trinajstić information content (AvgIpc) is 2.29. The van der Waals surface area contributed by atoms with Crippen molar-refractivity contribution in [1.82, 2.24) is 0 Å². The van der Waals surface area contributed by atoms with E-state index in [0.717, 1.165) is 18.4 Å². The van der Waals surface area contributed by atoms with Crippen LogP contribution in [-0.2, 0) is 0 Å². The summed E-state index contributed by atoms with van der Waals surface area (Å²) < 4.78 is 0. The zero-order valence-corrected chi connectivity index (χ0v) is 9.58. The molecule has 2 N–H and O–H groups in total. The molecule has 1 aliphatic carbocycles. The molecule has 0 radical (unpaired) electrons. The van der Waals surface area contributed by atoms with Crippen molar-refractivity contribution < 1.29 is 0 Å². The molecule has 1 aromatic rings. The van der Waals surface area contributed by atoms with Crippen LogP contribution in [0.3, 0.4) is 0 Å². The van der Waals surface area contributed by atoms with Crippen LogP contribution in [0.4, 0.5) is 0 Å². The van der Waals surface area contributed by atoms with Crippen molar-refractivity contribution in [2.75, 3.05) is 6.54 Å². The van der Waals surface area contributed by atoms with Gasteiger partial charge < -0.3 is 5.73 Å². The van der Waals surface area contributed by atoms with Crippen LogP contribution >= 0.6 is 0 Å². The number of aryl methyl sites for hydroxylation is 1. The first-order valence-corrected chi connectivity index (χ1v) is 6.06. The normalized spacial score (nSPS) is 26.5. The van der Waals surface area contributed by atoms with Crippen LogP contribution in [-0.4, -0.2) is 6.54 Å². The minimum absolute atomic E-state index is 0.783. The van der Waals surface area contributed by atoms with Crippen molar-refractivity contribution in [3.63, 3.8) is 0 Å². The Morgan fingerprint density at radius 3 is 2.53 bits per heavy atom. The fraction of sp³-hybridized carbons (Fsp3) is 0.571. The van der Waals surface area contributed by atoms with Crippen LogP contribution in [0.5, 0.6) is 0 Å². The van der Waals surface area contributed by atoms with Gasteiger partial charge in [-0.2, -0.15) is 0 Å². The largest absolute Gasteiger partial charge is 0.330 e. The van der Waals surface area contributed by atoms with Gasteiger partial charge in [0.15, 0.2) is 0 Å². The van der Waals surface area contributed by atoms with E-state index in [-0.39, 0.29) is 0 Å². The van der Waals surface area contributed by atoms with Crippen LogP contribution < -0.4 is 5.73 Å². The Hall–Kier alpha value is -0.820. The predicted octanol–water partition coefficient (Wildman–Crippen LogP) is 3.23. The zero-order valence-electron chi connectivity index (χ0n) is 9.58. The maximum absolute atomic E-state index is 5.71. The fourth-order valence-electron chi connectivity index (χ4n) is 2.66. The monoisotopic (exact) mass is 203 g/mol. The third kappa shape index (κ3) is 2.60. The number of hydrogen-bond donors (Lipinski definition) is 1.